The SMILES string of the molecule is O=C1CCCCC1C/C=C/c1cccc2ccccc12. The minimum Gasteiger partial charge on any atom is -0.299 e. The molecule has 2 aromatic carbocycles. The van der Waals surface area contributed by atoms with Crippen molar-refractivity contribution in [2.45, 2.75) is 32.1 Å². The Bertz CT molecular complexity index is 634. The molecular weight excluding hydrogens is 244 g/mol. The number of hydrogen-bond acceptors (Lipinski definition) is 1. The molecule has 1 aliphatic carbocycles. The van der Waals surface area contributed by atoms with Crippen LogP contribution in [0.3, 0.4) is 0 Å². The number of carbonyl (C=O) groups is 1. The Morgan fingerprint density at radius 3 is 2.80 bits per heavy atom. The molecule has 0 radical (unpaired) electrons. The second kappa shape index (κ2) is 6.04. The molecule has 2 aromatic rings. The van der Waals surface area contributed by atoms with Crippen molar-refractivity contribution in [2.24, 2.45) is 5.92 Å². The summed E-state index contributed by atoms with van der Waals surface area (Å²) in [4.78, 5) is 11.8. The highest BCUT2D eigenvalue weighted by atomic mass is 16.1. The molecule has 1 fully saturated rings. The maximum absolute atomic E-state index is 11.8. The topological polar surface area (TPSA) is 17.1 Å². The molecule has 0 N–H and O–H groups in total. The van der Waals surface area contributed by atoms with E-state index in [0.717, 1.165) is 25.7 Å². The van der Waals surface area contributed by atoms with Gasteiger partial charge in [0.15, 0.2) is 0 Å². The Labute approximate surface area is 120 Å². The Morgan fingerprint density at radius 1 is 1.05 bits per heavy atom. The Hall–Kier alpha value is -1.89. The van der Waals surface area contributed by atoms with E-state index < -0.39 is 0 Å². The van der Waals surface area contributed by atoms with Gasteiger partial charge in [-0.05, 0) is 35.6 Å². The third-order valence-electron chi connectivity index (χ3n) is 4.22. The highest BCUT2D eigenvalue weighted by molar-refractivity contribution is 5.90. The zero-order valence-corrected chi connectivity index (χ0v) is 11.7. The lowest BCUT2D eigenvalue weighted by Crippen LogP contribution is -2.17. The van der Waals surface area contributed by atoms with Crippen LogP contribution in [-0.4, -0.2) is 5.78 Å². The predicted octanol–water partition coefficient (Wildman–Crippen LogP) is 5.00. The van der Waals surface area contributed by atoms with E-state index in [1.807, 2.05) is 0 Å². The molecule has 3 rings (SSSR count). The monoisotopic (exact) mass is 264 g/mol. The van der Waals surface area contributed by atoms with E-state index in [2.05, 4.69) is 54.6 Å². The highest BCUT2D eigenvalue weighted by Crippen LogP contribution is 2.25. The van der Waals surface area contributed by atoms with Gasteiger partial charge in [-0.2, -0.15) is 0 Å². The summed E-state index contributed by atoms with van der Waals surface area (Å²) >= 11 is 0. The molecule has 0 amide bonds. The number of hydrogen-bond donors (Lipinski definition) is 0. The summed E-state index contributed by atoms with van der Waals surface area (Å²) in [5.74, 6) is 0.716. The van der Waals surface area contributed by atoms with Crippen molar-refractivity contribution in [3.63, 3.8) is 0 Å². The van der Waals surface area contributed by atoms with Crippen molar-refractivity contribution in [2.75, 3.05) is 0 Å². The summed E-state index contributed by atoms with van der Waals surface area (Å²) in [6, 6.07) is 14.8. The van der Waals surface area contributed by atoms with Crippen LogP contribution in [0.4, 0.5) is 0 Å². The van der Waals surface area contributed by atoms with E-state index >= 15 is 0 Å². The lowest BCUT2D eigenvalue weighted by molar-refractivity contribution is -0.124. The molecule has 1 heteroatoms. The number of carbonyl (C=O) groups excluding carboxylic acids is 1. The van der Waals surface area contributed by atoms with Crippen LogP contribution >= 0.6 is 0 Å². The lowest BCUT2D eigenvalue weighted by Gasteiger charge is -2.18. The Morgan fingerprint density at radius 2 is 1.90 bits per heavy atom. The lowest BCUT2D eigenvalue weighted by atomic mass is 9.85. The van der Waals surface area contributed by atoms with E-state index in [1.54, 1.807) is 0 Å². The average Bonchev–Trinajstić information content (AvgIpc) is 2.49. The van der Waals surface area contributed by atoms with E-state index in [1.165, 1.54) is 22.8 Å². The molecule has 1 unspecified atom stereocenters. The minimum atomic E-state index is 0.259. The van der Waals surface area contributed by atoms with Crippen LogP contribution < -0.4 is 0 Å². The quantitative estimate of drug-likeness (QED) is 0.762. The maximum Gasteiger partial charge on any atom is 0.136 e. The molecule has 0 bridgehead atoms. The molecule has 0 aromatic heterocycles. The second-order valence-electron chi connectivity index (χ2n) is 5.62. The summed E-state index contributed by atoms with van der Waals surface area (Å²) in [6.07, 6.45) is 9.38. The molecule has 0 aliphatic heterocycles. The number of ketones is 1. The third-order valence-corrected chi connectivity index (χ3v) is 4.22. The number of allylic oxidation sites excluding steroid dienone is 1. The maximum atomic E-state index is 11.8. The van der Waals surface area contributed by atoms with Gasteiger partial charge in [-0.1, -0.05) is 61.0 Å². The van der Waals surface area contributed by atoms with E-state index in [0.29, 0.717) is 5.78 Å². The summed E-state index contributed by atoms with van der Waals surface area (Å²) in [6.45, 7) is 0. The first kappa shape index (κ1) is 13.1. The molecule has 1 aliphatic rings. The molecule has 102 valence electrons. The molecule has 1 nitrogen and oxygen atoms in total. The summed E-state index contributed by atoms with van der Waals surface area (Å²) < 4.78 is 0. The number of rotatable bonds is 3. The smallest absolute Gasteiger partial charge is 0.136 e. The normalized spacial score (nSPS) is 19.8. The van der Waals surface area contributed by atoms with Gasteiger partial charge in [-0.25, -0.2) is 0 Å². The van der Waals surface area contributed by atoms with Gasteiger partial charge in [0.1, 0.15) is 5.78 Å². The van der Waals surface area contributed by atoms with Gasteiger partial charge < -0.3 is 0 Å². The van der Waals surface area contributed by atoms with Crippen molar-refractivity contribution in [1.29, 1.82) is 0 Å². The number of benzene rings is 2. The van der Waals surface area contributed by atoms with E-state index in [9.17, 15) is 4.79 Å². The van der Waals surface area contributed by atoms with Crippen molar-refractivity contribution in [1.82, 2.24) is 0 Å². The largest absolute Gasteiger partial charge is 0.299 e. The Kier molecular flexibility index (Phi) is 3.96. The highest BCUT2D eigenvalue weighted by Gasteiger charge is 2.20. The van der Waals surface area contributed by atoms with Gasteiger partial charge in [0.25, 0.3) is 0 Å². The van der Waals surface area contributed by atoms with E-state index in [-0.39, 0.29) is 5.92 Å². The second-order valence-corrected chi connectivity index (χ2v) is 5.62. The first-order valence-electron chi connectivity index (χ1n) is 7.51. The van der Waals surface area contributed by atoms with Gasteiger partial charge in [-0.3, -0.25) is 4.79 Å². The summed E-state index contributed by atoms with van der Waals surface area (Å²) in [5.41, 5.74) is 1.24. The van der Waals surface area contributed by atoms with Crippen molar-refractivity contribution < 1.29 is 4.79 Å². The predicted molar refractivity (Wildman–Crippen MR) is 84.6 cm³/mol. The molecule has 1 saturated carbocycles. The van der Waals surface area contributed by atoms with Crippen LogP contribution in [-0.2, 0) is 4.79 Å². The molecule has 20 heavy (non-hydrogen) atoms. The number of fused-ring (bicyclic) bond motifs is 1. The van der Waals surface area contributed by atoms with Gasteiger partial charge >= 0.3 is 0 Å². The van der Waals surface area contributed by atoms with Crippen LogP contribution in [0.5, 0.6) is 0 Å². The molecule has 0 spiro atoms. The molecular formula is C19H20O. The van der Waals surface area contributed by atoms with Crippen molar-refractivity contribution >= 4 is 22.6 Å². The Balaban J connectivity index is 1.76. The summed E-state index contributed by atoms with van der Waals surface area (Å²) in [5, 5.41) is 2.55. The fourth-order valence-electron chi connectivity index (χ4n) is 3.06. The molecule has 0 saturated heterocycles. The zero-order valence-electron chi connectivity index (χ0n) is 11.7. The third kappa shape index (κ3) is 2.82. The standard InChI is InChI=1S/C19H20O/c20-19-14-4-2-8-17(19)12-6-11-16-10-5-9-15-7-1-3-13-18(15)16/h1,3,5-7,9-11,13,17H,2,4,8,12,14H2/b11-6+. The van der Waals surface area contributed by atoms with Gasteiger partial charge in [0, 0.05) is 12.3 Å². The molecule has 1 atom stereocenters. The number of Topliss-reactive ketones (excluding diaryl/α,β-unsaturated/α-hetero) is 1. The van der Waals surface area contributed by atoms with Crippen LogP contribution in [0, 0.1) is 5.92 Å². The van der Waals surface area contributed by atoms with E-state index in [4.69, 9.17) is 0 Å². The van der Waals surface area contributed by atoms with Crippen molar-refractivity contribution in [3.8, 4) is 0 Å². The fourth-order valence-corrected chi connectivity index (χ4v) is 3.06. The molecule has 0 heterocycles. The van der Waals surface area contributed by atoms with Crippen LogP contribution in [0.2, 0.25) is 0 Å². The fraction of sp³-hybridized carbons (Fsp3) is 0.316. The first-order valence-corrected chi connectivity index (χ1v) is 7.51. The van der Waals surface area contributed by atoms with Gasteiger partial charge in [0.2, 0.25) is 0 Å². The van der Waals surface area contributed by atoms with Crippen LogP contribution in [0.25, 0.3) is 16.8 Å². The summed E-state index contributed by atoms with van der Waals surface area (Å²) in [7, 11) is 0. The minimum absolute atomic E-state index is 0.259. The zero-order chi connectivity index (χ0) is 13.8. The van der Waals surface area contributed by atoms with Crippen LogP contribution in [0.15, 0.2) is 48.5 Å². The van der Waals surface area contributed by atoms with Crippen LogP contribution in [0.1, 0.15) is 37.7 Å². The van der Waals surface area contributed by atoms with Crippen molar-refractivity contribution in [3.05, 3.63) is 54.1 Å². The average molecular weight is 264 g/mol. The van der Waals surface area contributed by atoms with Gasteiger partial charge in [-0.15, -0.1) is 0 Å². The first-order chi connectivity index (χ1) is 9.84. The van der Waals surface area contributed by atoms with Gasteiger partial charge in [0.05, 0.1) is 0 Å².